The third-order valence-electron chi connectivity index (χ3n) is 7.85. The van der Waals surface area contributed by atoms with E-state index >= 15 is 0 Å². The maximum Gasteiger partial charge on any atom is 0.172 e. The minimum Gasteiger partial charge on any atom is -0.489 e. The Kier molecular flexibility index (Phi) is 16.9. The van der Waals surface area contributed by atoms with E-state index in [4.69, 9.17) is 19.5 Å². The summed E-state index contributed by atoms with van der Waals surface area (Å²) in [4.78, 5) is 22.6. The molecule has 1 unspecified atom stereocenters. The average molecular weight is 696 g/mol. The van der Waals surface area contributed by atoms with Crippen LogP contribution in [0.25, 0.3) is 0 Å². The Morgan fingerprint density at radius 2 is 1.98 bits per heavy atom. The highest BCUT2D eigenvalue weighted by Gasteiger charge is 2.24. The second kappa shape index (κ2) is 21.3. The third-order valence-corrected chi connectivity index (χ3v) is 7.85. The van der Waals surface area contributed by atoms with Gasteiger partial charge in [0.2, 0.25) is 0 Å². The Bertz CT molecular complexity index is 1650. The lowest BCUT2D eigenvalue weighted by molar-refractivity contribution is -0.112. The number of rotatable bonds is 14. The number of hydrogen-bond donors (Lipinski definition) is 2. The summed E-state index contributed by atoms with van der Waals surface area (Å²) in [7, 11) is 1.84. The van der Waals surface area contributed by atoms with Crippen molar-refractivity contribution in [2.75, 3.05) is 43.5 Å². The van der Waals surface area contributed by atoms with Gasteiger partial charge in [-0.25, -0.2) is 15.0 Å². The first-order chi connectivity index (χ1) is 24.6. The normalized spacial score (nSPS) is 16.2. The number of hydrogen-bond acceptors (Lipinski definition) is 9. The molecular formula is C41H57N7O3. The van der Waals surface area contributed by atoms with E-state index in [1.807, 2.05) is 57.6 Å². The van der Waals surface area contributed by atoms with E-state index in [2.05, 4.69) is 73.1 Å². The molecule has 0 spiro atoms. The van der Waals surface area contributed by atoms with E-state index in [9.17, 15) is 4.79 Å². The van der Waals surface area contributed by atoms with Gasteiger partial charge in [-0.15, -0.1) is 0 Å². The van der Waals surface area contributed by atoms with Crippen molar-refractivity contribution in [2.45, 2.75) is 74.1 Å². The molecule has 0 aliphatic carbocycles. The molecule has 10 heteroatoms. The SMILES string of the molecule is C=C1C=C(Oc2ccc(NC(=N/C=C/CCC)c3nc4c(cc3C)OCC(C)CN4CCCC)cc2C)C=CN1/N=C\C.CNC/C=C/C(C)=O. The number of carbonyl (C=O) groups excluding carboxylic acids is 1. The van der Waals surface area contributed by atoms with Crippen molar-refractivity contribution in [3.05, 3.63) is 102 Å². The topological polar surface area (TPSA) is 104 Å². The molecular weight excluding hydrogens is 638 g/mol. The fourth-order valence-corrected chi connectivity index (χ4v) is 5.23. The van der Waals surface area contributed by atoms with Gasteiger partial charge in [0, 0.05) is 55.9 Å². The summed E-state index contributed by atoms with van der Waals surface area (Å²) in [5, 5.41) is 12.4. The Morgan fingerprint density at radius 1 is 1.18 bits per heavy atom. The number of aromatic nitrogens is 1. The predicted molar refractivity (Wildman–Crippen MR) is 213 cm³/mol. The van der Waals surface area contributed by atoms with E-state index in [1.165, 1.54) is 6.92 Å². The van der Waals surface area contributed by atoms with Crippen LogP contribution in [0.1, 0.15) is 77.1 Å². The van der Waals surface area contributed by atoms with Crippen molar-refractivity contribution in [1.82, 2.24) is 15.3 Å². The standard InChI is InChI=1S/C35H46N6O2.C6H11NO/c1-8-11-13-17-36-34(33-27(6)21-32-35(39-33)40(18-12-9-2)23-25(4)24-42-32)38-29-14-15-31(26(5)20-29)43-30-16-19-41(37-10-3)28(7)22-30;1-6(8)4-3-5-7-2/h10,13-17,19-22,25H,7-9,11-12,18,23-24H2,1-6H3,(H,36,38);3-4,7H,5H2,1-2H3/b17-13+,37-10-;4-3+. The number of fused-ring (bicyclic) bond motifs is 1. The number of aliphatic imine (C=N–C) groups is 1. The fourth-order valence-electron chi connectivity index (χ4n) is 5.23. The van der Waals surface area contributed by atoms with Crippen molar-refractivity contribution in [1.29, 1.82) is 0 Å². The molecule has 274 valence electrons. The van der Waals surface area contributed by atoms with E-state index in [0.717, 1.165) is 90.8 Å². The van der Waals surface area contributed by atoms with Crippen LogP contribution >= 0.6 is 0 Å². The fraction of sp³-hybridized carbons (Fsp3) is 0.415. The van der Waals surface area contributed by atoms with E-state index in [0.29, 0.717) is 24.1 Å². The highest BCUT2D eigenvalue weighted by Crippen LogP contribution is 2.33. The van der Waals surface area contributed by atoms with E-state index in [1.54, 1.807) is 23.4 Å². The summed E-state index contributed by atoms with van der Waals surface area (Å²) in [6.45, 7) is 21.5. The molecule has 1 atom stereocenters. The molecule has 0 saturated carbocycles. The molecule has 0 bridgehead atoms. The summed E-state index contributed by atoms with van der Waals surface area (Å²) >= 11 is 0. The smallest absolute Gasteiger partial charge is 0.172 e. The first-order valence-corrected chi connectivity index (χ1v) is 18.0. The number of amidine groups is 1. The van der Waals surface area contributed by atoms with Crippen molar-refractivity contribution >= 4 is 29.3 Å². The van der Waals surface area contributed by atoms with Crippen LogP contribution in [-0.4, -0.2) is 61.1 Å². The van der Waals surface area contributed by atoms with Crippen LogP contribution in [0.5, 0.6) is 11.5 Å². The van der Waals surface area contributed by atoms with Crippen molar-refractivity contribution in [3.8, 4) is 11.5 Å². The number of nitrogens with one attached hydrogen (secondary N) is 2. The third kappa shape index (κ3) is 13.0. The average Bonchev–Trinajstić information content (AvgIpc) is 3.25. The van der Waals surface area contributed by atoms with E-state index in [-0.39, 0.29) is 5.78 Å². The quantitative estimate of drug-likeness (QED) is 0.115. The van der Waals surface area contributed by atoms with Gasteiger partial charge < -0.3 is 25.0 Å². The van der Waals surface area contributed by atoms with Crippen LogP contribution in [0.4, 0.5) is 11.5 Å². The second-order valence-electron chi connectivity index (χ2n) is 12.7. The molecule has 0 fully saturated rings. The van der Waals surface area contributed by atoms with Crippen LogP contribution in [0.15, 0.2) is 95.2 Å². The van der Waals surface area contributed by atoms with Crippen LogP contribution < -0.4 is 25.0 Å². The lowest BCUT2D eigenvalue weighted by Gasteiger charge is -2.25. The second-order valence-corrected chi connectivity index (χ2v) is 12.7. The lowest BCUT2D eigenvalue weighted by Crippen LogP contribution is -2.30. The van der Waals surface area contributed by atoms with Gasteiger partial charge in [-0.3, -0.25) is 4.79 Å². The molecule has 2 aromatic rings. The van der Waals surface area contributed by atoms with Gasteiger partial charge in [-0.2, -0.15) is 5.10 Å². The minimum absolute atomic E-state index is 0.0975. The summed E-state index contributed by atoms with van der Waals surface area (Å²) in [5.74, 6) is 4.42. The molecule has 1 aromatic heterocycles. The number of anilines is 2. The number of ether oxygens (including phenoxy) is 2. The minimum atomic E-state index is 0.0975. The number of allylic oxidation sites excluding steroid dienone is 4. The number of aryl methyl sites for hydroxylation is 2. The highest BCUT2D eigenvalue weighted by atomic mass is 16.5. The number of unbranched alkanes of at least 4 members (excludes halogenated alkanes) is 2. The number of likely N-dealkylation sites (N-methyl/N-ethyl adjacent to an activating group) is 1. The Morgan fingerprint density at radius 3 is 2.65 bits per heavy atom. The summed E-state index contributed by atoms with van der Waals surface area (Å²) in [6.07, 6.45) is 18.9. The summed E-state index contributed by atoms with van der Waals surface area (Å²) in [6, 6.07) is 8.14. The number of nitrogens with zero attached hydrogens (tertiary/aromatic N) is 5. The van der Waals surface area contributed by atoms with Crippen molar-refractivity contribution < 1.29 is 14.3 Å². The molecule has 0 saturated heterocycles. The first-order valence-electron chi connectivity index (χ1n) is 18.0. The molecule has 2 N–H and O–H groups in total. The number of carbonyl (C=O) groups is 1. The predicted octanol–water partition coefficient (Wildman–Crippen LogP) is 8.47. The van der Waals surface area contributed by atoms with Gasteiger partial charge >= 0.3 is 0 Å². The summed E-state index contributed by atoms with van der Waals surface area (Å²) < 4.78 is 12.4. The van der Waals surface area contributed by atoms with Crippen LogP contribution in [0, 0.1) is 19.8 Å². The molecule has 2 aliphatic rings. The zero-order valence-electron chi connectivity index (χ0n) is 31.8. The van der Waals surface area contributed by atoms with Gasteiger partial charge in [0.1, 0.15) is 17.2 Å². The zero-order valence-corrected chi connectivity index (χ0v) is 31.8. The van der Waals surface area contributed by atoms with Crippen LogP contribution in [-0.2, 0) is 4.79 Å². The number of pyridine rings is 1. The molecule has 1 aromatic carbocycles. The molecule has 2 aliphatic heterocycles. The highest BCUT2D eigenvalue weighted by molar-refractivity contribution is 6.08. The largest absolute Gasteiger partial charge is 0.489 e. The zero-order chi connectivity index (χ0) is 37.2. The number of benzene rings is 1. The van der Waals surface area contributed by atoms with Crippen LogP contribution in [0.3, 0.4) is 0 Å². The summed E-state index contributed by atoms with van der Waals surface area (Å²) in [5.41, 5.74) is 4.44. The van der Waals surface area contributed by atoms with Crippen molar-refractivity contribution in [2.24, 2.45) is 16.0 Å². The van der Waals surface area contributed by atoms with Gasteiger partial charge in [-0.05, 0) is 95.1 Å². The number of ketones is 1. The van der Waals surface area contributed by atoms with Crippen molar-refractivity contribution in [3.63, 3.8) is 0 Å². The van der Waals surface area contributed by atoms with Crippen LogP contribution in [0.2, 0.25) is 0 Å². The first kappa shape index (κ1) is 40.5. The van der Waals surface area contributed by atoms with Gasteiger partial charge in [-0.1, -0.05) is 52.3 Å². The molecule has 4 rings (SSSR count). The maximum atomic E-state index is 10.2. The maximum absolute atomic E-state index is 10.2. The molecule has 10 nitrogen and oxygen atoms in total. The van der Waals surface area contributed by atoms with E-state index < -0.39 is 0 Å². The lowest BCUT2D eigenvalue weighted by atomic mass is 10.1. The Balaban J connectivity index is 0.000000783. The van der Waals surface area contributed by atoms with Gasteiger partial charge in [0.05, 0.1) is 12.3 Å². The molecule has 51 heavy (non-hydrogen) atoms. The van der Waals surface area contributed by atoms with Gasteiger partial charge in [0.25, 0.3) is 0 Å². The monoisotopic (exact) mass is 695 g/mol. The Hall–Kier alpha value is -4.96. The molecule has 0 amide bonds. The Labute approximate surface area is 305 Å². The number of hydrazone groups is 1. The van der Waals surface area contributed by atoms with Gasteiger partial charge in [0.15, 0.2) is 23.2 Å². The molecule has 3 heterocycles. The molecule has 0 radical (unpaired) electrons.